The number of benzene rings is 8. The highest BCUT2D eigenvalue weighted by Gasteiger charge is 2.28. The predicted molar refractivity (Wildman–Crippen MR) is 212 cm³/mol. The summed E-state index contributed by atoms with van der Waals surface area (Å²) in [7, 11) is 0. The molecule has 0 fully saturated rings. The minimum Gasteiger partial charge on any atom is -0.464 e. The summed E-state index contributed by atoms with van der Waals surface area (Å²) < 4.78 is 8.92. The molecule has 0 saturated heterocycles. The lowest BCUT2D eigenvalue weighted by Crippen LogP contribution is -2.12. The fourth-order valence-corrected chi connectivity index (χ4v) is 7.65. The zero-order chi connectivity index (χ0) is 33.7. The van der Waals surface area contributed by atoms with Gasteiger partial charge in [0.15, 0.2) is 6.23 Å². The number of nitrogens with zero attached hydrogens (tertiary/aromatic N) is 2. The third-order valence-corrected chi connectivity index (χ3v) is 10.0. The Labute approximate surface area is 296 Å². The predicted octanol–water partition coefficient (Wildman–Crippen LogP) is 12.6. The van der Waals surface area contributed by atoms with E-state index >= 15 is 0 Å². The molecule has 10 rings (SSSR count). The van der Waals surface area contributed by atoms with Crippen LogP contribution in [0.1, 0.15) is 11.8 Å². The Bertz CT molecular complexity index is 2680. The molecule has 1 N–H and O–H groups in total. The average molecular weight is 656 g/mol. The van der Waals surface area contributed by atoms with Gasteiger partial charge in [0.2, 0.25) is 0 Å². The highest BCUT2D eigenvalue weighted by molar-refractivity contribution is 6.12. The number of para-hydroxylation sites is 2. The van der Waals surface area contributed by atoms with Gasteiger partial charge in [0.05, 0.1) is 22.4 Å². The lowest BCUT2D eigenvalue weighted by atomic mass is 10.0. The molecule has 1 aliphatic rings. The maximum Gasteiger partial charge on any atom is 0.196 e. The van der Waals surface area contributed by atoms with Gasteiger partial charge in [-0.05, 0) is 71.1 Å². The van der Waals surface area contributed by atoms with Crippen molar-refractivity contribution in [2.75, 3.05) is 10.2 Å². The van der Waals surface area contributed by atoms with Crippen LogP contribution >= 0.6 is 0 Å². The van der Waals surface area contributed by atoms with Crippen molar-refractivity contribution in [1.29, 1.82) is 0 Å². The molecule has 0 saturated carbocycles. The van der Waals surface area contributed by atoms with Gasteiger partial charge in [-0.15, -0.1) is 0 Å². The summed E-state index contributed by atoms with van der Waals surface area (Å²) in [5.41, 5.74) is 11.2. The lowest BCUT2D eigenvalue weighted by Gasteiger charge is -2.28. The molecule has 242 valence electrons. The molecule has 51 heavy (non-hydrogen) atoms. The number of ether oxygens (including phenoxy) is 1. The third kappa shape index (κ3) is 4.92. The average Bonchev–Trinajstić information content (AvgIpc) is 3.79. The van der Waals surface area contributed by atoms with Crippen LogP contribution in [-0.4, -0.2) is 4.57 Å². The SMILES string of the molecule is c1ccc(-c2ccc(N(c3ccc4c5ccccc5n(-c5ccccc5)c4c3)c3cccc4ccc5c(c34)NC(c3ccccc3)O5)cc2)cc1. The second kappa shape index (κ2) is 12.0. The van der Waals surface area contributed by atoms with Gasteiger partial charge < -0.3 is 19.5 Å². The number of fused-ring (bicyclic) bond motifs is 6. The van der Waals surface area contributed by atoms with Crippen molar-refractivity contribution >= 4 is 55.3 Å². The minimum atomic E-state index is -0.267. The van der Waals surface area contributed by atoms with Crippen molar-refractivity contribution < 1.29 is 4.74 Å². The molecule has 1 atom stereocenters. The Morgan fingerprint density at radius 3 is 1.98 bits per heavy atom. The Hall–Kier alpha value is -6.78. The molecule has 0 aliphatic carbocycles. The minimum absolute atomic E-state index is 0.267. The van der Waals surface area contributed by atoms with Gasteiger partial charge in [0.1, 0.15) is 5.75 Å². The van der Waals surface area contributed by atoms with E-state index in [1.165, 1.54) is 27.4 Å². The van der Waals surface area contributed by atoms with Gasteiger partial charge in [-0.3, -0.25) is 0 Å². The quantitative estimate of drug-likeness (QED) is 0.193. The topological polar surface area (TPSA) is 29.4 Å². The molecule has 4 nitrogen and oxygen atoms in total. The monoisotopic (exact) mass is 655 g/mol. The summed E-state index contributed by atoms with van der Waals surface area (Å²) in [4.78, 5) is 2.39. The molecule has 0 spiro atoms. The standard InChI is InChI=1S/C47H33N3O/c1-4-13-32(14-5-1)33-23-26-37(27-24-33)49(38-28-29-40-39-20-10-11-21-41(39)50(43(40)31-38)36-18-8-3-9-19-36)42-22-12-17-34-25-30-44-46(45(34)42)48-47(51-44)35-15-6-2-7-16-35/h1-31,47-48H. The van der Waals surface area contributed by atoms with Crippen LogP contribution < -0.4 is 15.0 Å². The van der Waals surface area contributed by atoms with E-state index in [1.54, 1.807) is 0 Å². The van der Waals surface area contributed by atoms with E-state index < -0.39 is 0 Å². The van der Waals surface area contributed by atoms with E-state index in [0.29, 0.717) is 0 Å². The first kappa shape index (κ1) is 29.2. The highest BCUT2D eigenvalue weighted by Crippen LogP contribution is 2.49. The van der Waals surface area contributed by atoms with Gasteiger partial charge in [-0.1, -0.05) is 133 Å². The molecule has 0 radical (unpaired) electrons. The van der Waals surface area contributed by atoms with Crippen LogP contribution in [0.5, 0.6) is 5.75 Å². The zero-order valence-electron chi connectivity index (χ0n) is 27.8. The van der Waals surface area contributed by atoms with Crippen molar-refractivity contribution in [2.24, 2.45) is 0 Å². The van der Waals surface area contributed by atoms with Gasteiger partial charge in [0.25, 0.3) is 0 Å². The molecular weight excluding hydrogens is 623 g/mol. The van der Waals surface area contributed by atoms with Crippen LogP contribution in [0.15, 0.2) is 188 Å². The molecule has 1 aliphatic heterocycles. The molecule has 0 bridgehead atoms. The Balaban J connectivity index is 1.20. The van der Waals surface area contributed by atoms with Crippen LogP contribution in [0.25, 0.3) is 49.4 Å². The summed E-state index contributed by atoms with van der Waals surface area (Å²) in [6.07, 6.45) is -0.267. The number of aromatic nitrogens is 1. The third-order valence-electron chi connectivity index (χ3n) is 10.0. The van der Waals surface area contributed by atoms with E-state index in [1.807, 2.05) is 6.07 Å². The van der Waals surface area contributed by atoms with Crippen molar-refractivity contribution in [3.63, 3.8) is 0 Å². The van der Waals surface area contributed by atoms with Crippen LogP contribution in [0.3, 0.4) is 0 Å². The molecule has 2 heterocycles. The Morgan fingerprint density at radius 2 is 1.18 bits per heavy atom. The first-order valence-corrected chi connectivity index (χ1v) is 17.4. The van der Waals surface area contributed by atoms with E-state index in [4.69, 9.17) is 4.74 Å². The van der Waals surface area contributed by atoms with Gasteiger partial charge in [-0.2, -0.15) is 0 Å². The first-order chi connectivity index (χ1) is 25.3. The summed E-state index contributed by atoms with van der Waals surface area (Å²) in [6, 6.07) is 66.8. The molecule has 8 aromatic carbocycles. The van der Waals surface area contributed by atoms with Gasteiger partial charge >= 0.3 is 0 Å². The highest BCUT2D eigenvalue weighted by atomic mass is 16.5. The van der Waals surface area contributed by atoms with E-state index in [0.717, 1.165) is 56.0 Å². The maximum absolute atomic E-state index is 6.54. The maximum atomic E-state index is 6.54. The van der Waals surface area contributed by atoms with Crippen LogP contribution in [0, 0.1) is 0 Å². The van der Waals surface area contributed by atoms with Crippen molar-refractivity contribution in [3.8, 4) is 22.6 Å². The Morgan fingerprint density at radius 1 is 0.510 bits per heavy atom. The zero-order valence-corrected chi connectivity index (χ0v) is 27.8. The summed E-state index contributed by atoms with van der Waals surface area (Å²) in [5, 5.41) is 8.46. The molecule has 1 aromatic heterocycles. The number of hydrogen-bond acceptors (Lipinski definition) is 3. The van der Waals surface area contributed by atoms with Gasteiger partial charge in [0, 0.05) is 38.8 Å². The second-order valence-electron chi connectivity index (χ2n) is 13.0. The fraction of sp³-hybridized carbons (Fsp3) is 0.0213. The second-order valence-corrected chi connectivity index (χ2v) is 13.0. The van der Waals surface area contributed by atoms with Crippen LogP contribution in [0.4, 0.5) is 22.7 Å². The molecular formula is C47H33N3O. The van der Waals surface area contributed by atoms with E-state index in [2.05, 4.69) is 197 Å². The van der Waals surface area contributed by atoms with Crippen molar-refractivity contribution in [3.05, 3.63) is 194 Å². The van der Waals surface area contributed by atoms with Crippen LogP contribution in [-0.2, 0) is 0 Å². The van der Waals surface area contributed by atoms with E-state index in [9.17, 15) is 0 Å². The first-order valence-electron chi connectivity index (χ1n) is 17.4. The summed E-state index contributed by atoms with van der Waals surface area (Å²) >= 11 is 0. The van der Waals surface area contributed by atoms with E-state index in [-0.39, 0.29) is 6.23 Å². The van der Waals surface area contributed by atoms with Gasteiger partial charge in [-0.25, -0.2) is 0 Å². The van der Waals surface area contributed by atoms with Crippen LogP contribution in [0.2, 0.25) is 0 Å². The molecule has 9 aromatic rings. The molecule has 1 unspecified atom stereocenters. The molecule has 4 heteroatoms. The van der Waals surface area contributed by atoms with Crippen molar-refractivity contribution in [2.45, 2.75) is 6.23 Å². The summed E-state index contributed by atoms with van der Waals surface area (Å²) in [5.74, 6) is 0.850. The Kier molecular flexibility index (Phi) is 6.85. The number of hydrogen-bond donors (Lipinski definition) is 1. The lowest BCUT2D eigenvalue weighted by molar-refractivity contribution is 0.260. The fourth-order valence-electron chi connectivity index (χ4n) is 7.65. The van der Waals surface area contributed by atoms with Crippen molar-refractivity contribution in [1.82, 2.24) is 4.57 Å². The molecule has 0 amide bonds. The number of anilines is 4. The largest absolute Gasteiger partial charge is 0.464 e. The smallest absolute Gasteiger partial charge is 0.196 e. The number of nitrogens with one attached hydrogen (secondary N) is 1. The summed E-state index contributed by atoms with van der Waals surface area (Å²) in [6.45, 7) is 0. The normalized spacial score (nSPS) is 13.6. The number of rotatable bonds is 6.